The predicted molar refractivity (Wildman–Crippen MR) is 130 cm³/mol. The fourth-order valence-electron chi connectivity index (χ4n) is 4.04. The maximum atomic E-state index is 12.9. The average Bonchev–Trinajstić information content (AvgIpc) is 3.25. The minimum absolute atomic E-state index is 0.174. The van der Waals surface area contributed by atoms with E-state index >= 15 is 0 Å². The Hall–Kier alpha value is -3.54. The molecule has 0 unspecified atom stereocenters. The maximum Gasteiger partial charge on any atom is 0.257 e. The summed E-state index contributed by atoms with van der Waals surface area (Å²) >= 11 is 0. The van der Waals surface area contributed by atoms with Gasteiger partial charge in [0.2, 0.25) is 5.95 Å². The molecule has 34 heavy (non-hydrogen) atoms. The second-order valence-electron chi connectivity index (χ2n) is 8.27. The van der Waals surface area contributed by atoms with Crippen molar-refractivity contribution in [1.29, 1.82) is 0 Å². The fourth-order valence-corrected chi connectivity index (χ4v) is 4.88. The van der Waals surface area contributed by atoms with Crippen molar-refractivity contribution in [2.24, 2.45) is 0 Å². The lowest BCUT2D eigenvalue weighted by atomic mass is 10.0. The van der Waals surface area contributed by atoms with Crippen molar-refractivity contribution < 1.29 is 8.42 Å². The van der Waals surface area contributed by atoms with Gasteiger partial charge in [0.15, 0.2) is 5.82 Å². The molecule has 0 saturated heterocycles. The fraction of sp³-hybridized carbons (Fsp3) is 0.261. The van der Waals surface area contributed by atoms with Crippen LogP contribution < -0.4 is 15.6 Å². The van der Waals surface area contributed by atoms with Gasteiger partial charge in [-0.25, -0.2) is 13.4 Å². The van der Waals surface area contributed by atoms with E-state index < -0.39 is 10.0 Å². The molecule has 10 nitrogen and oxygen atoms in total. The first-order valence-electron chi connectivity index (χ1n) is 11.0. The van der Waals surface area contributed by atoms with Gasteiger partial charge in [0, 0.05) is 32.2 Å². The van der Waals surface area contributed by atoms with Crippen LogP contribution in [-0.2, 0) is 29.5 Å². The van der Waals surface area contributed by atoms with Crippen molar-refractivity contribution in [2.75, 3.05) is 24.3 Å². The summed E-state index contributed by atoms with van der Waals surface area (Å²) in [6.45, 7) is 4.15. The van der Waals surface area contributed by atoms with Crippen molar-refractivity contribution in [1.82, 2.24) is 29.3 Å². The molecular weight excluding hydrogens is 452 g/mol. The third kappa shape index (κ3) is 4.45. The third-order valence-electron chi connectivity index (χ3n) is 5.83. The number of benzene rings is 2. The van der Waals surface area contributed by atoms with Crippen LogP contribution in [0.5, 0.6) is 0 Å². The topological polar surface area (TPSA) is 117 Å². The highest BCUT2D eigenvalue weighted by Crippen LogP contribution is 2.27. The summed E-state index contributed by atoms with van der Waals surface area (Å²) < 4.78 is 27.3. The van der Waals surface area contributed by atoms with Gasteiger partial charge in [-0.05, 0) is 31.0 Å². The second-order valence-corrected chi connectivity index (χ2v) is 9.96. The minimum atomic E-state index is -3.79. The lowest BCUT2D eigenvalue weighted by Crippen LogP contribution is -2.35. The lowest BCUT2D eigenvalue weighted by molar-refractivity contribution is 0.241. The molecule has 0 radical (unpaired) electrons. The van der Waals surface area contributed by atoms with E-state index in [0.29, 0.717) is 30.5 Å². The highest BCUT2D eigenvalue weighted by atomic mass is 32.2. The van der Waals surface area contributed by atoms with Crippen LogP contribution in [0.25, 0.3) is 5.78 Å². The van der Waals surface area contributed by atoms with Crippen molar-refractivity contribution in [3.8, 4) is 0 Å². The van der Waals surface area contributed by atoms with Crippen LogP contribution in [0.4, 0.5) is 11.8 Å². The van der Waals surface area contributed by atoms with Crippen molar-refractivity contribution in [3.63, 3.8) is 0 Å². The van der Waals surface area contributed by atoms with Crippen LogP contribution in [0.2, 0.25) is 0 Å². The Kier molecular flexibility index (Phi) is 5.90. The Morgan fingerprint density at radius 3 is 2.53 bits per heavy atom. The number of rotatable bonds is 7. The Bertz CT molecular complexity index is 1420. The van der Waals surface area contributed by atoms with E-state index in [2.05, 4.69) is 42.7 Å². The molecular formula is C23H26N8O2S. The Balaban J connectivity index is 1.46. The standard InChI is InChI=1S/C23H26N8O2S/c1-16-8-10-18(11-9-16)34(32,33)29-27-21-19-12-13-30(14-17-6-4-3-5-7-17)15-20(19)25-23-26-22(24-2)28-31(21)23/h3-11,27,29H,12-15H2,1-2H3,(H,24,28). The van der Waals surface area contributed by atoms with E-state index in [9.17, 15) is 8.42 Å². The molecule has 0 saturated carbocycles. The van der Waals surface area contributed by atoms with Gasteiger partial charge < -0.3 is 5.32 Å². The number of anilines is 2. The molecule has 1 aliphatic heterocycles. The number of hydrogen-bond donors (Lipinski definition) is 3. The molecule has 2 aromatic carbocycles. The van der Waals surface area contributed by atoms with E-state index in [1.807, 2.05) is 25.1 Å². The SMILES string of the molecule is CNc1nc2nc3c(c(NNS(=O)(=O)c4ccc(C)cc4)n2n1)CCN(Cc1ccccc1)C3. The smallest absolute Gasteiger partial charge is 0.257 e. The number of nitrogens with zero attached hydrogens (tertiary/aromatic N) is 5. The Morgan fingerprint density at radius 2 is 1.79 bits per heavy atom. The number of aryl methyl sites for hydroxylation is 1. The minimum Gasteiger partial charge on any atom is -0.356 e. The van der Waals surface area contributed by atoms with Crippen LogP contribution in [-0.4, -0.2) is 46.5 Å². The zero-order valence-electron chi connectivity index (χ0n) is 19.0. The third-order valence-corrected chi connectivity index (χ3v) is 7.09. The molecule has 0 bridgehead atoms. The Labute approximate surface area is 198 Å². The lowest BCUT2D eigenvalue weighted by Gasteiger charge is -2.29. The molecule has 0 atom stereocenters. The summed E-state index contributed by atoms with van der Waals surface area (Å²) in [5.74, 6) is 1.31. The second kappa shape index (κ2) is 9.01. The molecule has 176 valence electrons. The zero-order chi connectivity index (χ0) is 23.7. The molecule has 3 heterocycles. The van der Waals surface area contributed by atoms with Crippen molar-refractivity contribution >= 4 is 27.6 Å². The zero-order valence-corrected chi connectivity index (χ0v) is 19.8. The molecule has 0 fully saturated rings. The van der Waals surface area contributed by atoms with Crippen molar-refractivity contribution in [3.05, 3.63) is 77.0 Å². The monoisotopic (exact) mass is 478 g/mol. The summed E-state index contributed by atoms with van der Waals surface area (Å²) in [5, 5.41) is 7.35. The van der Waals surface area contributed by atoms with Gasteiger partial charge in [-0.2, -0.15) is 9.50 Å². The summed E-state index contributed by atoms with van der Waals surface area (Å²) in [4.78, 5) is 14.1. The van der Waals surface area contributed by atoms with E-state index in [-0.39, 0.29) is 4.90 Å². The first-order chi connectivity index (χ1) is 16.4. The number of fused-ring (bicyclic) bond motifs is 2. The van der Waals surface area contributed by atoms with Gasteiger partial charge in [-0.1, -0.05) is 48.0 Å². The Morgan fingerprint density at radius 1 is 1.03 bits per heavy atom. The normalized spacial score (nSPS) is 14.2. The van der Waals surface area contributed by atoms with Crippen LogP contribution in [0, 0.1) is 6.92 Å². The molecule has 11 heteroatoms. The molecule has 0 aliphatic carbocycles. The van der Waals surface area contributed by atoms with E-state index in [0.717, 1.165) is 29.9 Å². The molecule has 0 amide bonds. The van der Waals surface area contributed by atoms with Gasteiger partial charge in [0.05, 0.1) is 10.6 Å². The quantitative estimate of drug-likeness (QED) is 0.347. The number of nitrogens with one attached hydrogen (secondary N) is 3. The molecule has 0 spiro atoms. The largest absolute Gasteiger partial charge is 0.356 e. The van der Waals surface area contributed by atoms with E-state index in [4.69, 9.17) is 4.98 Å². The van der Waals surface area contributed by atoms with Gasteiger partial charge in [-0.3, -0.25) is 10.3 Å². The summed E-state index contributed by atoms with van der Waals surface area (Å²) in [6, 6.07) is 17.0. The molecule has 5 rings (SSSR count). The molecule has 3 N–H and O–H groups in total. The van der Waals surface area contributed by atoms with Gasteiger partial charge in [0.1, 0.15) is 0 Å². The van der Waals surface area contributed by atoms with Crippen LogP contribution >= 0.6 is 0 Å². The number of hydrogen-bond acceptors (Lipinski definition) is 8. The highest BCUT2D eigenvalue weighted by Gasteiger charge is 2.25. The first-order valence-corrected chi connectivity index (χ1v) is 12.5. The van der Waals surface area contributed by atoms with Gasteiger partial charge in [0.25, 0.3) is 15.8 Å². The van der Waals surface area contributed by atoms with Crippen LogP contribution in [0.1, 0.15) is 22.4 Å². The highest BCUT2D eigenvalue weighted by molar-refractivity contribution is 7.89. The average molecular weight is 479 g/mol. The van der Waals surface area contributed by atoms with Gasteiger partial charge >= 0.3 is 0 Å². The van der Waals surface area contributed by atoms with Gasteiger partial charge in [-0.15, -0.1) is 9.93 Å². The van der Waals surface area contributed by atoms with E-state index in [1.165, 1.54) is 10.1 Å². The summed E-state index contributed by atoms with van der Waals surface area (Å²) in [5.41, 5.74) is 6.89. The molecule has 2 aromatic heterocycles. The number of hydrazine groups is 1. The van der Waals surface area contributed by atoms with E-state index in [1.54, 1.807) is 31.3 Å². The van der Waals surface area contributed by atoms with Crippen LogP contribution in [0.15, 0.2) is 59.5 Å². The predicted octanol–water partition coefficient (Wildman–Crippen LogP) is 2.34. The van der Waals surface area contributed by atoms with Crippen LogP contribution in [0.3, 0.4) is 0 Å². The first kappa shape index (κ1) is 22.3. The molecule has 4 aromatic rings. The summed E-state index contributed by atoms with van der Waals surface area (Å²) in [6.07, 6.45) is 0.689. The van der Waals surface area contributed by atoms with Crippen molar-refractivity contribution in [2.45, 2.75) is 31.3 Å². The maximum absolute atomic E-state index is 12.9. The molecule has 1 aliphatic rings. The summed E-state index contributed by atoms with van der Waals surface area (Å²) in [7, 11) is -2.06. The number of aromatic nitrogens is 4. The number of sulfonamides is 1.